The van der Waals surface area contributed by atoms with E-state index in [-0.39, 0.29) is 12.4 Å². The van der Waals surface area contributed by atoms with Crippen molar-refractivity contribution in [3.8, 4) is 11.4 Å². The minimum Gasteiger partial charge on any atom is -0.305 e. The summed E-state index contributed by atoms with van der Waals surface area (Å²) in [6, 6.07) is 10.4. The minimum absolute atomic E-state index is 0. The van der Waals surface area contributed by atoms with Crippen LogP contribution in [0.1, 0.15) is 44.7 Å². The van der Waals surface area contributed by atoms with Crippen LogP contribution < -0.4 is 0 Å². The second-order valence-electron chi connectivity index (χ2n) is 10.1. The Morgan fingerprint density at radius 2 is 1.97 bits per heavy atom. The van der Waals surface area contributed by atoms with E-state index in [9.17, 15) is 0 Å². The molecule has 0 fully saturated rings. The average molecular weight is 567 g/mol. The second-order valence-corrected chi connectivity index (χ2v) is 12.4. The van der Waals surface area contributed by atoms with Gasteiger partial charge in [0.25, 0.3) is 0 Å². The third kappa shape index (κ3) is 5.60. The predicted molar refractivity (Wildman–Crippen MR) is 164 cm³/mol. The zero-order chi connectivity index (χ0) is 25.4. The van der Waals surface area contributed by atoms with Crippen LogP contribution in [0.3, 0.4) is 0 Å². The van der Waals surface area contributed by atoms with Crippen LogP contribution in [0.25, 0.3) is 22.3 Å². The normalized spacial score (nSPS) is 19.5. The molecule has 1 atom stereocenters. The van der Waals surface area contributed by atoms with E-state index in [1.54, 1.807) is 22.9 Å². The van der Waals surface area contributed by atoms with Crippen molar-refractivity contribution in [2.75, 3.05) is 25.4 Å². The van der Waals surface area contributed by atoms with Gasteiger partial charge in [-0.25, -0.2) is 0 Å². The Hall–Kier alpha value is -2.13. The number of aliphatic imine (C=N–C) groups is 1. The monoisotopic (exact) mass is 566 g/mol. The Labute approximate surface area is 239 Å². The van der Waals surface area contributed by atoms with Gasteiger partial charge >= 0.3 is 0 Å². The summed E-state index contributed by atoms with van der Waals surface area (Å²) in [5, 5.41) is 11.6. The van der Waals surface area contributed by atoms with Gasteiger partial charge in [0.15, 0.2) is 11.0 Å². The number of aromatic nitrogens is 4. The molecule has 0 spiro atoms. The average Bonchev–Trinajstić information content (AvgIpc) is 3.42. The van der Waals surface area contributed by atoms with Gasteiger partial charge in [-0.3, -0.25) is 9.98 Å². The molecule has 2 aromatic heterocycles. The van der Waals surface area contributed by atoms with Crippen LogP contribution in [0.15, 0.2) is 62.6 Å². The summed E-state index contributed by atoms with van der Waals surface area (Å²) >= 11 is 3.77. The lowest BCUT2D eigenvalue weighted by Gasteiger charge is -2.19. The SMILES string of the molecule is CCC1N=C2CC3=C(C=C2S1)CCN(CCCSc1nnc(-c2cccc4nc(C)ccc24)n1C)CC3.Cl. The van der Waals surface area contributed by atoms with Crippen molar-refractivity contribution in [1.29, 1.82) is 0 Å². The van der Waals surface area contributed by atoms with E-state index in [0.717, 1.165) is 77.8 Å². The number of thioether (sulfide) groups is 2. The van der Waals surface area contributed by atoms with E-state index in [2.05, 4.69) is 75.0 Å². The molecule has 3 aromatic rings. The van der Waals surface area contributed by atoms with Gasteiger partial charge < -0.3 is 9.47 Å². The Bertz CT molecular complexity index is 1430. The predicted octanol–water partition coefficient (Wildman–Crippen LogP) is 6.85. The third-order valence-corrected chi connectivity index (χ3v) is 9.99. The maximum Gasteiger partial charge on any atom is 0.191 e. The van der Waals surface area contributed by atoms with E-state index >= 15 is 0 Å². The van der Waals surface area contributed by atoms with Gasteiger partial charge in [-0.15, -0.1) is 22.6 Å². The van der Waals surface area contributed by atoms with Crippen LogP contribution in [-0.4, -0.2) is 61.1 Å². The van der Waals surface area contributed by atoms with E-state index in [1.165, 1.54) is 23.5 Å². The summed E-state index contributed by atoms with van der Waals surface area (Å²) in [5.41, 5.74) is 7.67. The van der Waals surface area contributed by atoms with Crippen molar-refractivity contribution in [2.45, 2.75) is 56.5 Å². The molecule has 0 saturated heterocycles. The molecule has 0 radical (unpaired) electrons. The van der Waals surface area contributed by atoms with Crippen LogP contribution in [0.4, 0.5) is 0 Å². The summed E-state index contributed by atoms with van der Waals surface area (Å²) < 4.78 is 2.12. The number of pyridine rings is 1. The molecular formula is C29H35ClN6S2. The van der Waals surface area contributed by atoms with Gasteiger partial charge in [-0.2, -0.15) is 0 Å². The number of allylic oxidation sites excluding steroid dienone is 2. The molecule has 6 nitrogen and oxygen atoms in total. The van der Waals surface area contributed by atoms with Crippen molar-refractivity contribution in [2.24, 2.45) is 12.0 Å². The van der Waals surface area contributed by atoms with Crippen molar-refractivity contribution < 1.29 is 0 Å². The fraction of sp³-hybridized carbons (Fsp3) is 0.448. The van der Waals surface area contributed by atoms with Gasteiger partial charge in [-0.05, 0) is 62.9 Å². The molecule has 0 amide bonds. The van der Waals surface area contributed by atoms with E-state index < -0.39 is 0 Å². The highest BCUT2D eigenvalue weighted by Crippen LogP contribution is 2.41. The molecule has 6 rings (SSSR count). The lowest BCUT2D eigenvalue weighted by Crippen LogP contribution is -2.26. The molecule has 1 aromatic carbocycles. The number of fused-ring (bicyclic) bond motifs is 2. The van der Waals surface area contributed by atoms with Crippen molar-refractivity contribution >= 4 is 52.5 Å². The standard InChI is InChI=1S/C29H34N6S2.ClH/c1-4-27-31-25-17-20-11-14-35(15-12-21(20)18-26(25)37-27)13-6-16-36-29-33-32-28(34(29)3)23-7-5-8-24-22(23)10-9-19(2)30-24;/h5,7-10,18,27H,4,6,11-17H2,1-3H3;1H. The van der Waals surface area contributed by atoms with Crippen molar-refractivity contribution in [1.82, 2.24) is 24.6 Å². The highest BCUT2D eigenvalue weighted by molar-refractivity contribution is 8.05. The summed E-state index contributed by atoms with van der Waals surface area (Å²) in [5.74, 6) is 1.94. The molecule has 0 saturated carbocycles. The molecule has 2 aliphatic heterocycles. The second kappa shape index (κ2) is 11.9. The van der Waals surface area contributed by atoms with Crippen LogP contribution in [0.2, 0.25) is 0 Å². The fourth-order valence-electron chi connectivity index (χ4n) is 5.46. The summed E-state index contributed by atoms with van der Waals surface area (Å²) in [4.78, 5) is 13.7. The third-order valence-electron chi connectivity index (χ3n) is 7.56. The first-order chi connectivity index (χ1) is 18.1. The quantitative estimate of drug-likeness (QED) is 0.230. The first-order valence-corrected chi connectivity index (χ1v) is 15.2. The molecule has 0 bridgehead atoms. The fourth-order valence-corrected chi connectivity index (χ4v) is 7.41. The highest BCUT2D eigenvalue weighted by atomic mass is 35.5. The number of benzene rings is 1. The molecule has 38 heavy (non-hydrogen) atoms. The van der Waals surface area contributed by atoms with Gasteiger partial charge in [0.1, 0.15) is 0 Å². The number of halogens is 1. The number of hydrogen-bond donors (Lipinski definition) is 0. The largest absolute Gasteiger partial charge is 0.305 e. The number of aryl methyl sites for hydroxylation is 1. The molecule has 1 unspecified atom stereocenters. The van der Waals surface area contributed by atoms with Gasteiger partial charge in [0, 0.05) is 53.9 Å². The van der Waals surface area contributed by atoms with E-state index in [4.69, 9.17) is 4.99 Å². The molecule has 9 heteroatoms. The number of nitrogens with zero attached hydrogens (tertiary/aromatic N) is 6. The van der Waals surface area contributed by atoms with Crippen molar-refractivity contribution in [3.63, 3.8) is 0 Å². The first-order valence-electron chi connectivity index (χ1n) is 13.4. The number of hydrogen-bond acceptors (Lipinski definition) is 7. The summed E-state index contributed by atoms with van der Waals surface area (Å²) in [6.45, 7) is 7.71. The Morgan fingerprint density at radius 3 is 2.84 bits per heavy atom. The Kier molecular flexibility index (Phi) is 8.62. The molecule has 0 N–H and O–H groups in total. The summed E-state index contributed by atoms with van der Waals surface area (Å²) in [6.07, 6.45) is 8.15. The van der Waals surface area contributed by atoms with Gasteiger partial charge in [0.2, 0.25) is 0 Å². The topological polar surface area (TPSA) is 59.2 Å². The zero-order valence-electron chi connectivity index (χ0n) is 22.3. The van der Waals surface area contributed by atoms with Crippen LogP contribution in [0.5, 0.6) is 0 Å². The lowest BCUT2D eigenvalue weighted by atomic mass is 9.93. The van der Waals surface area contributed by atoms with Crippen LogP contribution in [0, 0.1) is 6.92 Å². The van der Waals surface area contributed by atoms with Crippen LogP contribution in [-0.2, 0) is 7.05 Å². The zero-order valence-corrected chi connectivity index (χ0v) is 24.8. The van der Waals surface area contributed by atoms with Gasteiger partial charge in [-0.1, -0.05) is 54.2 Å². The highest BCUT2D eigenvalue weighted by Gasteiger charge is 2.28. The van der Waals surface area contributed by atoms with Crippen LogP contribution >= 0.6 is 35.9 Å². The van der Waals surface area contributed by atoms with E-state index in [0.29, 0.717) is 5.37 Å². The lowest BCUT2D eigenvalue weighted by molar-refractivity contribution is 0.288. The maximum atomic E-state index is 4.95. The number of rotatable bonds is 7. The Balaban J connectivity index is 0.00000294. The maximum absolute atomic E-state index is 4.95. The molecule has 1 aliphatic carbocycles. The first kappa shape index (κ1) is 27.4. The summed E-state index contributed by atoms with van der Waals surface area (Å²) in [7, 11) is 2.07. The van der Waals surface area contributed by atoms with E-state index in [1.807, 2.05) is 18.7 Å². The molecular weight excluding hydrogens is 532 g/mol. The minimum atomic E-state index is 0. The molecule has 200 valence electrons. The Morgan fingerprint density at radius 1 is 1.11 bits per heavy atom. The van der Waals surface area contributed by atoms with Gasteiger partial charge in [0.05, 0.1) is 16.6 Å². The molecule has 3 aliphatic rings. The smallest absolute Gasteiger partial charge is 0.191 e. The van der Waals surface area contributed by atoms with Crippen molar-refractivity contribution in [3.05, 3.63) is 58.2 Å². The molecule has 4 heterocycles.